The lowest BCUT2D eigenvalue weighted by atomic mass is 10.2. The number of rotatable bonds is 7. The van der Waals surface area contributed by atoms with Gasteiger partial charge in [-0.2, -0.15) is 0 Å². The van der Waals surface area contributed by atoms with Gasteiger partial charge < -0.3 is 20.1 Å². The zero-order valence-electron chi connectivity index (χ0n) is 14.0. The maximum atomic E-state index is 12.0. The highest BCUT2D eigenvalue weighted by atomic mass is 35.5. The summed E-state index contributed by atoms with van der Waals surface area (Å²) in [5, 5.41) is 6.62. The van der Waals surface area contributed by atoms with E-state index in [1.54, 1.807) is 14.2 Å². The highest BCUT2D eigenvalue weighted by molar-refractivity contribution is 6.31. The quantitative estimate of drug-likeness (QED) is 0.805. The van der Waals surface area contributed by atoms with Gasteiger partial charge in [-0.05, 0) is 42.3 Å². The Hall–Kier alpha value is -2.40. The molecule has 0 fully saturated rings. The summed E-state index contributed by atoms with van der Waals surface area (Å²) in [7, 11) is 3.17. The molecule has 0 atom stereocenters. The number of anilines is 1. The van der Waals surface area contributed by atoms with E-state index in [0.717, 1.165) is 16.8 Å². The number of amides is 1. The summed E-state index contributed by atoms with van der Waals surface area (Å²) >= 11 is 6.06. The van der Waals surface area contributed by atoms with Gasteiger partial charge in [0, 0.05) is 17.3 Å². The van der Waals surface area contributed by atoms with Crippen molar-refractivity contribution in [3.05, 3.63) is 52.5 Å². The van der Waals surface area contributed by atoms with Crippen LogP contribution >= 0.6 is 11.6 Å². The molecule has 0 spiro atoms. The molecule has 128 valence electrons. The monoisotopic (exact) mass is 348 g/mol. The van der Waals surface area contributed by atoms with E-state index in [9.17, 15) is 4.79 Å². The zero-order valence-corrected chi connectivity index (χ0v) is 14.7. The van der Waals surface area contributed by atoms with Gasteiger partial charge >= 0.3 is 0 Å². The smallest absolute Gasteiger partial charge is 0.239 e. The van der Waals surface area contributed by atoms with E-state index >= 15 is 0 Å². The van der Waals surface area contributed by atoms with E-state index in [1.807, 2.05) is 43.3 Å². The molecule has 0 unspecified atom stereocenters. The minimum atomic E-state index is -0.107. The van der Waals surface area contributed by atoms with Gasteiger partial charge in [0.05, 0.1) is 20.8 Å². The van der Waals surface area contributed by atoms with Crippen LogP contribution in [0.4, 0.5) is 5.69 Å². The van der Waals surface area contributed by atoms with Gasteiger partial charge in [-0.3, -0.25) is 4.79 Å². The summed E-state index contributed by atoms with van der Waals surface area (Å²) in [6.07, 6.45) is 0. The largest absolute Gasteiger partial charge is 0.493 e. The standard InChI is InChI=1S/C18H21ClN2O3/c1-12-14(19)5-4-6-15(12)20-11-18(22)21-10-13-7-8-16(23-2)17(9-13)24-3/h4-9,20H,10-11H2,1-3H3,(H,21,22). The fourth-order valence-electron chi connectivity index (χ4n) is 2.23. The number of methoxy groups -OCH3 is 2. The van der Waals surface area contributed by atoms with Crippen LogP contribution in [-0.4, -0.2) is 26.7 Å². The summed E-state index contributed by atoms with van der Waals surface area (Å²) in [6.45, 7) is 2.50. The van der Waals surface area contributed by atoms with Gasteiger partial charge in [0.2, 0.25) is 5.91 Å². The Labute approximate surface area is 146 Å². The molecule has 6 heteroatoms. The third kappa shape index (κ3) is 4.55. The van der Waals surface area contributed by atoms with E-state index in [2.05, 4.69) is 10.6 Å². The summed E-state index contributed by atoms with van der Waals surface area (Å²) in [5.74, 6) is 1.19. The predicted octanol–water partition coefficient (Wildman–Crippen LogP) is 3.39. The zero-order chi connectivity index (χ0) is 17.5. The molecule has 0 aliphatic heterocycles. The van der Waals surface area contributed by atoms with Gasteiger partial charge in [-0.1, -0.05) is 23.7 Å². The minimum Gasteiger partial charge on any atom is -0.493 e. The van der Waals surface area contributed by atoms with Crippen molar-refractivity contribution in [2.75, 3.05) is 26.1 Å². The molecule has 0 heterocycles. The predicted molar refractivity (Wildman–Crippen MR) is 96.1 cm³/mol. The molecule has 0 aromatic heterocycles. The first kappa shape index (κ1) is 17.9. The number of carbonyl (C=O) groups excluding carboxylic acids is 1. The highest BCUT2D eigenvalue weighted by Crippen LogP contribution is 2.27. The van der Waals surface area contributed by atoms with E-state index in [4.69, 9.17) is 21.1 Å². The maximum absolute atomic E-state index is 12.0. The second-order valence-corrected chi connectivity index (χ2v) is 5.64. The Morgan fingerprint density at radius 3 is 2.58 bits per heavy atom. The number of nitrogens with one attached hydrogen (secondary N) is 2. The second kappa shape index (κ2) is 8.45. The average molecular weight is 349 g/mol. The van der Waals surface area contributed by atoms with Crippen molar-refractivity contribution >= 4 is 23.2 Å². The lowest BCUT2D eigenvalue weighted by molar-refractivity contribution is -0.119. The first-order chi connectivity index (χ1) is 11.5. The van der Waals surface area contributed by atoms with Crippen LogP contribution in [0.15, 0.2) is 36.4 Å². The summed E-state index contributed by atoms with van der Waals surface area (Å²) in [5.41, 5.74) is 2.70. The minimum absolute atomic E-state index is 0.107. The number of ether oxygens (including phenoxy) is 2. The number of hydrogen-bond acceptors (Lipinski definition) is 4. The SMILES string of the molecule is COc1ccc(CNC(=O)CNc2cccc(Cl)c2C)cc1OC. The average Bonchev–Trinajstić information content (AvgIpc) is 2.60. The summed E-state index contributed by atoms with van der Waals surface area (Å²) in [4.78, 5) is 12.0. The molecule has 0 saturated heterocycles. The van der Waals surface area contributed by atoms with E-state index in [0.29, 0.717) is 23.1 Å². The van der Waals surface area contributed by atoms with E-state index < -0.39 is 0 Å². The molecule has 2 N–H and O–H groups in total. The Kier molecular flexibility index (Phi) is 6.32. The molecule has 0 saturated carbocycles. The van der Waals surface area contributed by atoms with Crippen LogP contribution in [0.1, 0.15) is 11.1 Å². The maximum Gasteiger partial charge on any atom is 0.239 e. The van der Waals surface area contributed by atoms with Crippen molar-refractivity contribution in [1.82, 2.24) is 5.32 Å². The highest BCUT2D eigenvalue weighted by Gasteiger charge is 2.07. The van der Waals surface area contributed by atoms with Crippen LogP contribution in [0.25, 0.3) is 0 Å². The van der Waals surface area contributed by atoms with Crippen LogP contribution in [0.5, 0.6) is 11.5 Å². The topological polar surface area (TPSA) is 59.6 Å². The first-order valence-electron chi connectivity index (χ1n) is 7.51. The Bertz CT molecular complexity index is 719. The van der Waals surface area contributed by atoms with Crippen molar-refractivity contribution in [3.8, 4) is 11.5 Å². The van der Waals surface area contributed by atoms with Gasteiger partial charge in [0.25, 0.3) is 0 Å². The van der Waals surface area contributed by atoms with Crippen molar-refractivity contribution in [2.45, 2.75) is 13.5 Å². The van der Waals surface area contributed by atoms with Gasteiger partial charge in [0.1, 0.15) is 0 Å². The summed E-state index contributed by atoms with van der Waals surface area (Å²) < 4.78 is 10.4. The van der Waals surface area contributed by atoms with Crippen LogP contribution < -0.4 is 20.1 Å². The second-order valence-electron chi connectivity index (χ2n) is 5.23. The number of benzene rings is 2. The van der Waals surface area contributed by atoms with Crippen molar-refractivity contribution in [1.29, 1.82) is 0 Å². The van der Waals surface area contributed by atoms with Crippen LogP contribution in [0, 0.1) is 6.92 Å². The number of carbonyl (C=O) groups is 1. The lowest BCUT2D eigenvalue weighted by Crippen LogP contribution is -2.29. The van der Waals surface area contributed by atoms with E-state index in [1.165, 1.54) is 0 Å². The molecule has 24 heavy (non-hydrogen) atoms. The Morgan fingerprint density at radius 2 is 1.88 bits per heavy atom. The molecule has 2 aromatic rings. The number of halogens is 1. The molecule has 1 amide bonds. The van der Waals surface area contributed by atoms with Crippen LogP contribution in [0.3, 0.4) is 0 Å². The van der Waals surface area contributed by atoms with Crippen LogP contribution in [0.2, 0.25) is 5.02 Å². The third-order valence-corrected chi connectivity index (χ3v) is 4.05. The molecule has 2 rings (SSSR count). The van der Waals surface area contributed by atoms with Crippen molar-refractivity contribution in [3.63, 3.8) is 0 Å². The van der Waals surface area contributed by atoms with E-state index in [-0.39, 0.29) is 12.5 Å². The molecule has 0 aliphatic carbocycles. The normalized spacial score (nSPS) is 10.2. The van der Waals surface area contributed by atoms with Gasteiger partial charge in [-0.15, -0.1) is 0 Å². The Balaban J connectivity index is 1.88. The molecule has 5 nitrogen and oxygen atoms in total. The molecule has 0 radical (unpaired) electrons. The van der Waals surface area contributed by atoms with Crippen LogP contribution in [-0.2, 0) is 11.3 Å². The van der Waals surface area contributed by atoms with Crippen molar-refractivity contribution < 1.29 is 14.3 Å². The fraction of sp³-hybridized carbons (Fsp3) is 0.278. The third-order valence-electron chi connectivity index (χ3n) is 3.64. The molecule has 2 aromatic carbocycles. The summed E-state index contributed by atoms with van der Waals surface area (Å²) in [6, 6.07) is 11.1. The molecular weight excluding hydrogens is 328 g/mol. The fourth-order valence-corrected chi connectivity index (χ4v) is 2.40. The molecule has 0 aliphatic rings. The van der Waals surface area contributed by atoms with Gasteiger partial charge in [-0.25, -0.2) is 0 Å². The Morgan fingerprint density at radius 1 is 1.12 bits per heavy atom. The molecular formula is C18H21ClN2O3. The molecule has 0 bridgehead atoms. The lowest BCUT2D eigenvalue weighted by Gasteiger charge is -2.12. The first-order valence-corrected chi connectivity index (χ1v) is 7.89. The van der Waals surface area contributed by atoms with Gasteiger partial charge in [0.15, 0.2) is 11.5 Å². The number of hydrogen-bond donors (Lipinski definition) is 2. The van der Waals surface area contributed by atoms with Crippen molar-refractivity contribution in [2.24, 2.45) is 0 Å².